The standard InChI is InChI=1S/C34H28N2O7S/c1-4-15-41-33(40)31-20(3)35-34(44-31)36-28(21-9-8-12-25(18-21)43-24-10-6-5-7-11-24)27(30(38)32(36)39)29(37)22-13-14-26-23(17-22)16-19(2)42-26/h4-14,17-19,28,37H,1,15-16H2,2-3H3/b29-27+. The van der Waals surface area contributed by atoms with E-state index in [-0.39, 0.29) is 34.1 Å². The van der Waals surface area contributed by atoms with Crippen molar-refractivity contribution in [3.05, 3.63) is 118 Å². The van der Waals surface area contributed by atoms with E-state index in [9.17, 15) is 19.5 Å². The molecule has 2 aliphatic heterocycles. The van der Waals surface area contributed by atoms with E-state index in [2.05, 4.69) is 11.6 Å². The average Bonchev–Trinajstić information content (AvgIpc) is 3.67. The van der Waals surface area contributed by atoms with E-state index >= 15 is 0 Å². The third kappa shape index (κ3) is 5.35. The van der Waals surface area contributed by atoms with Crippen LogP contribution in [0.2, 0.25) is 0 Å². The number of fused-ring (bicyclic) bond motifs is 1. The number of rotatable bonds is 8. The third-order valence-electron chi connectivity index (χ3n) is 7.28. The van der Waals surface area contributed by atoms with Crippen LogP contribution in [0, 0.1) is 6.92 Å². The van der Waals surface area contributed by atoms with Crippen LogP contribution in [0.4, 0.5) is 5.13 Å². The van der Waals surface area contributed by atoms with Crippen molar-refractivity contribution in [3.63, 3.8) is 0 Å². The van der Waals surface area contributed by atoms with Gasteiger partial charge in [0, 0.05) is 12.0 Å². The summed E-state index contributed by atoms with van der Waals surface area (Å²) in [4.78, 5) is 46.0. The van der Waals surface area contributed by atoms with Crippen molar-refractivity contribution in [3.8, 4) is 17.2 Å². The number of aryl methyl sites for hydroxylation is 1. The van der Waals surface area contributed by atoms with E-state index in [1.165, 1.54) is 11.0 Å². The molecule has 1 fully saturated rings. The first-order valence-electron chi connectivity index (χ1n) is 13.9. The topological polar surface area (TPSA) is 115 Å². The van der Waals surface area contributed by atoms with Gasteiger partial charge in [-0.25, -0.2) is 9.78 Å². The number of esters is 1. The molecule has 2 aliphatic rings. The molecule has 1 aromatic heterocycles. The molecular weight excluding hydrogens is 580 g/mol. The first-order chi connectivity index (χ1) is 21.2. The van der Waals surface area contributed by atoms with Gasteiger partial charge in [0.15, 0.2) is 5.13 Å². The Morgan fingerprint density at radius 1 is 1.11 bits per heavy atom. The minimum Gasteiger partial charge on any atom is -0.507 e. The second-order valence-electron chi connectivity index (χ2n) is 10.4. The smallest absolute Gasteiger partial charge is 0.350 e. The number of aromatic nitrogens is 1. The zero-order chi connectivity index (χ0) is 31.0. The van der Waals surface area contributed by atoms with E-state index in [0.29, 0.717) is 40.5 Å². The number of hydrogen-bond acceptors (Lipinski definition) is 9. The van der Waals surface area contributed by atoms with E-state index < -0.39 is 23.7 Å². The molecule has 1 saturated heterocycles. The summed E-state index contributed by atoms with van der Waals surface area (Å²) in [5.74, 6) is -0.928. The van der Waals surface area contributed by atoms with Gasteiger partial charge in [-0.05, 0) is 67.4 Å². The Kier molecular flexibility index (Phi) is 7.75. The van der Waals surface area contributed by atoms with Crippen LogP contribution in [0.5, 0.6) is 17.2 Å². The number of aliphatic hydroxyl groups is 1. The predicted octanol–water partition coefficient (Wildman–Crippen LogP) is 6.54. The number of carbonyl (C=O) groups excluding carboxylic acids is 3. The molecule has 0 bridgehead atoms. The second kappa shape index (κ2) is 11.8. The number of ketones is 1. The maximum absolute atomic E-state index is 13.7. The van der Waals surface area contributed by atoms with Crippen molar-refractivity contribution in [1.29, 1.82) is 0 Å². The molecule has 10 heteroatoms. The van der Waals surface area contributed by atoms with Crippen molar-refractivity contribution < 1.29 is 33.7 Å². The molecule has 222 valence electrons. The lowest BCUT2D eigenvalue weighted by molar-refractivity contribution is -0.132. The predicted molar refractivity (Wildman–Crippen MR) is 165 cm³/mol. The molecular formula is C34H28N2O7S. The van der Waals surface area contributed by atoms with Crippen LogP contribution < -0.4 is 14.4 Å². The average molecular weight is 609 g/mol. The first kappa shape index (κ1) is 28.9. The van der Waals surface area contributed by atoms with Crippen LogP contribution in [0.15, 0.2) is 91.0 Å². The number of nitrogens with zero attached hydrogens (tertiary/aromatic N) is 2. The number of benzene rings is 3. The lowest BCUT2D eigenvalue weighted by atomic mass is 9.94. The molecule has 9 nitrogen and oxygen atoms in total. The first-order valence-corrected chi connectivity index (χ1v) is 14.8. The molecule has 44 heavy (non-hydrogen) atoms. The molecule has 0 radical (unpaired) electrons. The monoisotopic (exact) mass is 608 g/mol. The quantitative estimate of drug-likeness (QED) is 0.0789. The van der Waals surface area contributed by atoms with Gasteiger partial charge in [-0.1, -0.05) is 54.3 Å². The van der Waals surface area contributed by atoms with Crippen molar-refractivity contribution in [2.24, 2.45) is 0 Å². The van der Waals surface area contributed by atoms with Gasteiger partial charge in [-0.2, -0.15) is 0 Å². The number of para-hydroxylation sites is 1. The fourth-order valence-corrected chi connectivity index (χ4v) is 6.30. The number of ether oxygens (including phenoxy) is 3. The van der Waals surface area contributed by atoms with E-state index in [1.807, 2.05) is 37.3 Å². The van der Waals surface area contributed by atoms with Crippen LogP contribution in [0.25, 0.3) is 5.76 Å². The number of Topliss-reactive ketones (excluding diaryl/α,β-unsaturated/α-hetero) is 1. The lowest BCUT2D eigenvalue weighted by Crippen LogP contribution is -2.29. The minimum absolute atomic E-state index is 0.00875. The number of thiazole rings is 1. The summed E-state index contributed by atoms with van der Waals surface area (Å²) in [5, 5.41) is 11.8. The lowest BCUT2D eigenvalue weighted by Gasteiger charge is -2.23. The van der Waals surface area contributed by atoms with Gasteiger partial charge in [0.2, 0.25) is 0 Å². The van der Waals surface area contributed by atoms with Crippen molar-refractivity contribution in [2.75, 3.05) is 11.5 Å². The highest BCUT2D eigenvalue weighted by Gasteiger charge is 2.48. The normalized spacial score (nSPS) is 18.5. The maximum Gasteiger partial charge on any atom is 0.350 e. The highest BCUT2D eigenvalue weighted by Crippen LogP contribution is 2.45. The fourth-order valence-electron chi connectivity index (χ4n) is 5.32. The molecule has 3 aromatic carbocycles. The largest absolute Gasteiger partial charge is 0.507 e. The Bertz CT molecular complexity index is 1830. The summed E-state index contributed by atoms with van der Waals surface area (Å²) < 4.78 is 17.0. The molecule has 4 aromatic rings. The Labute approximate surface area is 257 Å². The summed E-state index contributed by atoms with van der Waals surface area (Å²) >= 11 is 0.933. The van der Waals surface area contributed by atoms with Crippen LogP contribution >= 0.6 is 11.3 Å². The van der Waals surface area contributed by atoms with Gasteiger partial charge >= 0.3 is 11.9 Å². The van der Waals surface area contributed by atoms with Gasteiger partial charge in [0.25, 0.3) is 5.78 Å². The van der Waals surface area contributed by atoms with Crippen molar-refractivity contribution in [1.82, 2.24) is 4.98 Å². The van der Waals surface area contributed by atoms with E-state index in [0.717, 1.165) is 16.9 Å². The molecule has 1 amide bonds. The number of carbonyl (C=O) groups is 3. The summed E-state index contributed by atoms with van der Waals surface area (Å²) in [6, 6.07) is 20.2. The van der Waals surface area contributed by atoms with E-state index in [1.54, 1.807) is 49.4 Å². The summed E-state index contributed by atoms with van der Waals surface area (Å²) in [7, 11) is 0. The molecule has 2 unspecified atom stereocenters. The maximum atomic E-state index is 13.7. The molecule has 1 N–H and O–H groups in total. The number of amides is 1. The summed E-state index contributed by atoms with van der Waals surface area (Å²) in [6.07, 6.45) is 2.08. The van der Waals surface area contributed by atoms with Crippen LogP contribution in [0.1, 0.15) is 45.0 Å². The van der Waals surface area contributed by atoms with Gasteiger partial charge < -0.3 is 19.3 Å². The molecule has 6 rings (SSSR count). The van der Waals surface area contributed by atoms with Crippen LogP contribution in [0.3, 0.4) is 0 Å². The van der Waals surface area contributed by atoms with Gasteiger partial charge in [0.1, 0.15) is 40.6 Å². The molecule has 0 spiro atoms. The minimum atomic E-state index is -1.07. The van der Waals surface area contributed by atoms with Crippen LogP contribution in [-0.2, 0) is 20.7 Å². The van der Waals surface area contributed by atoms with E-state index in [4.69, 9.17) is 14.2 Å². The van der Waals surface area contributed by atoms with Gasteiger partial charge in [-0.3, -0.25) is 14.5 Å². The Balaban J connectivity index is 1.48. The number of aliphatic hydroxyl groups excluding tert-OH is 1. The van der Waals surface area contributed by atoms with Crippen molar-refractivity contribution >= 4 is 39.9 Å². The van der Waals surface area contributed by atoms with Crippen LogP contribution in [-0.4, -0.2) is 40.5 Å². The Hall–Kier alpha value is -5.22. The molecule has 3 heterocycles. The summed E-state index contributed by atoms with van der Waals surface area (Å²) in [5.41, 5.74) is 2.01. The summed E-state index contributed by atoms with van der Waals surface area (Å²) in [6.45, 7) is 7.14. The Morgan fingerprint density at radius 3 is 2.66 bits per heavy atom. The van der Waals surface area contributed by atoms with Gasteiger partial charge in [0.05, 0.1) is 17.3 Å². The molecule has 0 saturated carbocycles. The Morgan fingerprint density at radius 2 is 1.89 bits per heavy atom. The van der Waals surface area contributed by atoms with Crippen molar-refractivity contribution in [2.45, 2.75) is 32.4 Å². The highest BCUT2D eigenvalue weighted by atomic mass is 32.1. The third-order valence-corrected chi connectivity index (χ3v) is 8.41. The zero-order valence-electron chi connectivity index (χ0n) is 24.0. The number of hydrogen-bond donors (Lipinski definition) is 1. The number of anilines is 1. The zero-order valence-corrected chi connectivity index (χ0v) is 24.8. The molecule has 0 aliphatic carbocycles. The SMILES string of the molecule is C=CCOC(=O)c1sc(N2C(=O)C(=O)/C(=C(/O)c3ccc4c(c3)CC(C)O4)C2c2cccc(Oc3ccccc3)c2)nc1C. The highest BCUT2D eigenvalue weighted by molar-refractivity contribution is 7.17. The second-order valence-corrected chi connectivity index (χ2v) is 11.4. The molecule has 2 atom stereocenters. The van der Waals surface area contributed by atoms with Gasteiger partial charge in [-0.15, -0.1) is 0 Å². The fraction of sp³-hybridized carbons (Fsp3) is 0.176.